The SMILES string of the molecule is Cc1ccc(-n2nc(C(C)(C)C)cc2NC(=O)CN(Cc2ccccc2)C(=O)Nc2cccc(F)c2)cc1. The van der Waals surface area contributed by atoms with Gasteiger partial charge in [-0.25, -0.2) is 13.9 Å². The summed E-state index contributed by atoms with van der Waals surface area (Å²) in [4.78, 5) is 27.8. The van der Waals surface area contributed by atoms with E-state index in [2.05, 4.69) is 31.4 Å². The molecule has 4 aromatic rings. The summed E-state index contributed by atoms with van der Waals surface area (Å²) in [5, 5.41) is 10.4. The van der Waals surface area contributed by atoms with E-state index < -0.39 is 11.8 Å². The fraction of sp³-hybridized carbons (Fsp3) is 0.233. The molecule has 3 aromatic carbocycles. The largest absolute Gasteiger partial charge is 0.322 e. The van der Waals surface area contributed by atoms with Crippen LogP contribution < -0.4 is 10.6 Å². The van der Waals surface area contributed by atoms with E-state index in [1.807, 2.05) is 67.6 Å². The van der Waals surface area contributed by atoms with Crippen LogP contribution in [0.15, 0.2) is 84.9 Å². The van der Waals surface area contributed by atoms with E-state index >= 15 is 0 Å². The second-order valence-electron chi connectivity index (χ2n) is 10.2. The molecule has 0 fully saturated rings. The number of nitrogens with zero attached hydrogens (tertiary/aromatic N) is 3. The van der Waals surface area contributed by atoms with Crippen LogP contribution in [0.25, 0.3) is 5.69 Å². The third kappa shape index (κ3) is 6.85. The van der Waals surface area contributed by atoms with Gasteiger partial charge in [-0.15, -0.1) is 0 Å². The van der Waals surface area contributed by atoms with Gasteiger partial charge in [0.2, 0.25) is 5.91 Å². The number of aryl methyl sites for hydroxylation is 1. The second-order valence-corrected chi connectivity index (χ2v) is 10.2. The number of benzene rings is 3. The van der Waals surface area contributed by atoms with Crippen LogP contribution in [0.4, 0.5) is 20.7 Å². The third-order valence-electron chi connectivity index (χ3n) is 5.94. The lowest BCUT2D eigenvalue weighted by Gasteiger charge is -2.23. The zero-order chi connectivity index (χ0) is 27.3. The lowest BCUT2D eigenvalue weighted by atomic mass is 9.92. The zero-order valence-electron chi connectivity index (χ0n) is 22.0. The lowest BCUT2D eigenvalue weighted by Crippen LogP contribution is -2.40. The van der Waals surface area contributed by atoms with Crippen molar-refractivity contribution in [2.24, 2.45) is 0 Å². The summed E-state index contributed by atoms with van der Waals surface area (Å²) < 4.78 is 15.4. The summed E-state index contributed by atoms with van der Waals surface area (Å²) in [6.07, 6.45) is 0. The Morgan fingerprint density at radius 1 is 0.921 bits per heavy atom. The summed E-state index contributed by atoms with van der Waals surface area (Å²) in [5.74, 6) is -0.341. The molecular weight excluding hydrogens is 481 g/mol. The van der Waals surface area contributed by atoms with Crippen molar-refractivity contribution in [1.29, 1.82) is 0 Å². The van der Waals surface area contributed by atoms with E-state index in [-0.39, 0.29) is 24.4 Å². The molecular formula is C30H32FN5O2. The highest BCUT2D eigenvalue weighted by molar-refractivity contribution is 5.96. The first-order chi connectivity index (χ1) is 18.1. The van der Waals surface area contributed by atoms with Crippen molar-refractivity contribution in [2.45, 2.75) is 39.7 Å². The molecule has 3 amide bonds. The van der Waals surface area contributed by atoms with Gasteiger partial charge in [-0.05, 0) is 42.8 Å². The molecule has 0 aliphatic carbocycles. The number of halogens is 1. The Kier molecular flexibility index (Phi) is 7.90. The zero-order valence-corrected chi connectivity index (χ0v) is 22.0. The normalized spacial score (nSPS) is 11.2. The Hall–Kier alpha value is -4.46. The van der Waals surface area contributed by atoms with Gasteiger partial charge >= 0.3 is 6.03 Å². The molecule has 4 rings (SSSR count). The van der Waals surface area contributed by atoms with Gasteiger partial charge in [-0.2, -0.15) is 5.10 Å². The monoisotopic (exact) mass is 513 g/mol. The summed E-state index contributed by atoms with van der Waals surface area (Å²) in [5.41, 5.74) is 3.67. The molecule has 2 N–H and O–H groups in total. The highest BCUT2D eigenvalue weighted by atomic mass is 19.1. The highest BCUT2D eigenvalue weighted by Gasteiger charge is 2.23. The number of hydrogen-bond donors (Lipinski definition) is 2. The molecule has 0 radical (unpaired) electrons. The van der Waals surface area contributed by atoms with Crippen LogP contribution in [0.3, 0.4) is 0 Å². The van der Waals surface area contributed by atoms with Gasteiger partial charge in [0.1, 0.15) is 18.2 Å². The number of carbonyl (C=O) groups excluding carboxylic acids is 2. The van der Waals surface area contributed by atoms with Gasteiger partial charge in [0.05, 0.1) is 11.4 Å². The van der Waals surface area contributed by atoms with E-state index in [9.17, 15) is 14.0 Å². The van der Waals surface area contributed by atoms with Crippen LogP contribution in [-0.4, -0.2) is 33.2 Å². The topological polar surface area (TPSA) is 79.3 Å². The summed E-state index contributed by atoms with van der Waals surface area (Å²) in [7, 11) is 0. The molecule has 0 aliphatic heterocycles. The molecule has 1 heterocycles. The van der Waals surface area contributed by atoms with E-state index in [1.165, 1.54) is 23.1 Å². The van der Waals surface area contributed by atoms with Crippen LogP contribution >= 0.6 is 0 Å². The molecule has 0 saturated heterocycles. The minimum Gasteiger partial charge on any atom is -0.311 e. The first-order valence-electron chi connectivity index (χ1n) is 12.4. The number of urea groups is 1. The number of anilines is 2. The molecule has 0 spiro atoms. The molecule has 1 aromatic heterocycles. The molecule has 0 aliphatic rings. The molecule has 196 valence electrons. The summed E-state index contributed by atoms with van der Waals surface area (Å²) in [6.45, 7) is 8.14. The van der Waals surface area contributed by atoms with Crippen molar-refractivity contribution in [3.63, 3.8) is 0 Å². The minimum atomic E-state index is -0.517. The quantitative estimate of drug-likeness (QED) is 0.305. The first-order valence-corrected chi connectivity index (χ1v) is 12.4. The number of hydrogen-bond acceptors (Lipinski definition) is 3. The number of rotatable bonds is 7. The van der Waals surface area contributed by atoms with Crippen LogP contribution in [-0.2, 0) is 16.8 Å². The molecule has 7 nitrogen and oxygen atoms in total. The van der Waals surface area contributed by atoms with Crippen molar-refractivity contribution in [3.05, 3.63) is 108 Å². The maximum Gasteiger partial charge on any atom is 0.322 e. The van der Waals surface area contributed by atoms with Crippen molar-refractivity contribution >= 4 is 23.4 Å². The van der Waals surface area contributed by atoms with Crippen molar-refractivity contribution in [2.75, 3.05) is 17.2 Å². The first kappa shape index (κ1) is 26.6. The molecule has 0 saturated carbocycles. The van der Waals surface area contributed by atoms with Gasteiger partial charge in [0, 0.05) is 23.7 Å². The van der Waals surface area contributed by atoms with Gasteiger partial charge in [0.25, 0.3) is 0 Å². The number of nitrogens with one attached hydrogen (secondary N) is 2. The van der Waals surface area contributed by atoms with Crippen LogP contribution in [0.2, 0.25) is 0 Å². The average molecular weight is 514 g/mol. The Morgan fingerprint density at radius 3 is 2.29 bits per heavy atom. The number of amides is 3. The van der Waals surface area contributed by atoms with Gasteiger partial charge in [-0.3, -0.25) is 4.79 Å². The Labute approximate surface area is 222 Å². The third-order valence-corrected chi connectivity index (χ3v) is 5.94. The Bertz CT molecular complexity index is 1410. The van der Waals surface area contributed by atoms with E-state index in [4.69, 9.17) is 5.10 Å². The predicted molar refractivity (Wildman–Crippen MR) is 148 cm³/mol. The van der Waals surface area contributed by atoms with Crippen LogP contribution in [0, 0.1) is 12.7 Å². The van der Waals surface area contributed by atoms with Crippen LogP contribution in [0.1, 0.15) is 37.6 Å². The van der Waals surface area contributed by atoms with E-state index in [0.717, 1.165) is 22.5 Å². The fourth-order valence-corrected chi connectivity index (χ4v) is 3.85. The smallest absolute Gasteiger partial charge is 0.311 e. The maximum absolute atomic E-state index is 13.7. The van der Waals surface area contributed by atoms with E-state index in [0.29, 0.717) is 11.5 Å². The molecule has 0 bridgehead atoms. The van der Waals surface area contributed by atoms with Gasteiger partial charge in [0.15, 0.2) is 0 Å². The number of aromatic nitrogens is 2. The van der Waals surface area contributed by atoms with Crippen molar-refractivity contribution < 1.29 is 14.0 Å². The lowest BCUT2D eigenvalue weighted by molar-refractivity contribution is -0.116. The number of carbonyl (C=O) groups is 2. The van der Waals surface area contributed by atoms with Crippen molar-refractivity contribution in [1.82, 2.24) is 14.7 Å². The fourth-order valence-electron chi connectivity index (χ4n) is 3.85. The molecule has 8 heteroatoms. The average Bonchev–Trinajstić information content (AvgIpc) is 3.29. The maximum atomic E-state index is 13.7. The summed E-state index contributed by atoms with van der Waals surface area (Å²) >= 11 is 0. The van der Waals surface area contributed by atoms with Gasteiger partial charge in [-0.1, -0.05) is 74.9 Å². The second kappa shape index (κ2) is 11.3. The van der Waals surface area contributed by atoms with Crippen LogP contribution in [0.5, 0.6) is 0 Å². The molecule has 38 heavy (non-hydrogen) atoms. The molecule has 0 unspecified atom stereocenters. The van der Waals surface area contributed by atoms with Gasteiger partial charge < -0.3 is 15.5 Å². The predicted octanol–water partition coefficient (Wildman–Crippen LogP) is 6.29. The molecule has 0 atom stereocenters. The van der Waals surface area contributed by atoms with E-state index in [1.54, 1.807) is 10.7 Å². The van der Waals surface area contributed by atoms with Crippen molar-refractivity contribution in [3.8, 4) is 5.69 Å². The summed E-state index contributed by atoms with van der Waals surface area (Å²) in [6, 6.07) is 24.2. The standard InChI is InChI=1S/C30H32FN5O2/c1-21-13-15-25(16-14-21)36-27(18-26(34-36)30(2,3)4)33-28(37)20-35(19-22-9-6-5-7-10-22)29(38)32-24-12-8-11-23(31)17-24/h5-18H,19-20H2,1-4H3,(H,32,38)(H,33,37). The highest BCUT2D eigenvalue weighted by Crippen LogP contribution is 2.26. The Morgan fingerprint density at radius 2 is 1.63 bits per heavy atom. The Balaban J connectivity index is 1.58. The minimum absolute atomic E-state index is 0.194.